The van der Waals surface area contributed by atoms with Crippen LogP contribution in [0.2, 0.25) is 0 Å². The maximum Gasteiger partial charge on any atom is 0.135 e. The van der Waals surface area contributed by atoms with Gasteiger partial charge in [0, 0.05) is 11.0 Å². The Morgan fingerprint density at radius 1 is 1.56 bits per heavy atom. The van der Waals surface area contributed by atoms with Gasteiger partial charge < -0.3 is 15.2 Å². The SMILES string of the molecule is O=C([O-])NC1(CI)NCCc2ccccc21. The number of rotatable bonds is 2. The number of carboxylic acid groups (broad SMARTS) is 1. The Labute approximate surface area is 108 Å². The number of carbonyl (C=O) groups is 1. The lowest BCUT2D eigenvalue weighted by Crippen LogP contribution is -2.62. The molecule has 0 saturated carbocycles. The molecular weight excluding hydrogens is 319 g/mol. The van der Waals surface area contributed by atoms with E-state index >= 15 is 0 Å². The van der Waals surface area contributed by atoms with Crippen molar-refractivity contribution in [2.45, 2.75) is 12.1 Å². The summed E-state index contributed by atoms with van der Waals surface area (Å²) in [5.41, 5.74) is 1.49. The summed E-state index contributed by atoms with van der Waals surface area (Å²) in [5.74, 6) is 0. The van der Waals surface area contributed by atoms with E-state index in [2.05, 4.69) is 33.2 Å². The van der Waals surface area contributed by atoms with Crippen LogP contribution in [0.1, 0.15) is 11.1 Å². The van der Waals surface area contributed by atoms with Gasteiger partial charge in [-0.25, -0.2) is 0 Å². The van der Waals surface area contributed by atoms with Gasteiger partial charge in [-0.15, -0.1) is 0 Å². The Morgan fingerprint density at radius 2 is 2.31 bits per heavy atom. The number of amides is 1. The lowest BCUT2D eigenvalue weighted by Gasteiger charge is -2.40. The molecule has 1 amide bonds. The van der Waals surface area contributed by atoms with Crippen LogP contribution >= 0.6 is 22.6 Å². The molecule has 0 bridgehead atoms. The predicted molar refractivity (Wildman–Crippen MR) is 67.2 cm³/mol. The molecule has 2 N–H and O–H groups in total. The van der Waals surface area contributed by atoms with Gasteiger partial charge in [0.15, 0.2) is 0 Å². The van der Waals surface area contributed by atoms with Crippen molar-refractivity contribution in [2.75, 3.05) is 11.0 Å². The summed E-state index contributed by atoms with van der Waals surface area (Å²) in [6.07, 6.45) is -0.329. The molecule has 16 heavy (non-hydrogen) atoms. The van der Waals surface area contributed by atoms with Gasteiger partial charge in [0.2, 0.25) is 0 Å². The van der Waals surface area contributed by atoms with E-state index in [1.165, 1.54) is 5.56 Å². The number of hydrogen-bond donors (Lipinski definition) is 2. The van der Waals surface area contributed by atoms with Gasteiger partial charge in [0.1, 0.15) is 11.8 Å². The number of hydrogen-bond acceptors (Lipinski definition) is 3. The van der Waals surface area contributed by atoms with Crippen LogP contribution < -0.4 is 15.7 Å². The number of fused-ring (bicyclic) bond motifs is 1. The first-order valence-corrected chi connectivity index (χ1v) is 6.59. The third kappa shape index (κ3) is 2.01. The van der Waals surface area contributed by atoms with Crippen molar-refractivity contribution in [1.82, 2.24) is 10.6 Å². The molecule has 0 spiro atoms. The number of carbonyl (C=O) groups excluding carboxylic acids is 1. The Morgan fingerprint density at radius 3 is 3.00 bits per heavy atom. The number of alkyl halides is 1. The van der Waals surface area contributed by atoms with Crippen molar-refractivity contribution in [3.05, 3.63) is 35.4 Å². The molecule has 0 radical (unpaired) electrons. The lowest BCUT2D eigenvalue weighted by atomic mass is 9.90. The highest BCUT2D eigenvalue weighted by Gasteiger charge is 2.34. The number of halogens is 1. The van der Waals surface area contributed by atoms with Crippen LogP contribution in [0, 0.1) is 0 Å². The summed E-state index contributed by atoms with van der Waals surface area (Å²) < 4.78 is 0.621. The van der Waals surface area contributed by atoms with Crippen LogP contribution in [0.5, 0.6) is 0 Å². The molecule has 86 valence electrons. The molecule has 1 aromatic carbocycles. The first kappa shape index (κ1) is 11.7. The average Bonchev–Trinajstić information content (AvgIpc) is 2.29. The van der Waals surface area contributed by atoms with Crippen molar-refractivity contribution < 1.29 is 9.90 Å². The summed E-state index contributed by atoms with van der Waals surface area (Å²) in [6, 6.07) is 7.88. The number of benzene rings is 1. The third-order valence-electron chi connectivity index (χ3n) is 2.81. The molecule has 1 atom stereocenters. The fourth-order valence-corrected chi connectivity index (χ4v) is 2.97. The largest absolute Gasteiger partial charge is 0.530 e. The van der Waals surface area contributed by atoms with Crippen LogP contribution in [0.15, 0.2) is 24.3 Å². The van der Waals surface area contributed by atoms with E-state index in [1.807, 2.05) is 24.3 Å². The molecule has 1 aromatic rings. The van der Waals surface area contributed by atoms with Crippen molar-refractivity contribution >= 4 is 28.7 Å². The van der Waals surface area contributed by atoms with Crippen LogP contribution in [-0.2, 0) is 12.1 Å². The zero-order valence-corrected chi connectivity index (χ0v) is 10.8. The smallest absolute Gasteiger partial charge is 0.135 e. The van der Waals surface area contributed by atoms with Gasteiger partial charge in [-0.3, -0.25) is 5.32 Å². The zero-order chi connectivity index (χ0) is 11.6. The highest BCUT2D eigenvalue weighted by Crippen LogP contribution is 2.28. The minimum absolute atomic E-state index is 0.621. The minimum atomic E-state index is -1.25. The average molecular weight is 331 g/mol. The maximum atomic E-state index is 10.8. The summed E-state index contributed by atoms with van der Waals surface area (Å²) in [5, 5.41) is 16.5. The molecule has 5 heteroatoms. The van der Waals surface area contributed by atoms with Crippen LogP contribution in [-0.4, -0.2) is 17.1 Å². The highest BCUT2D eigenvalue weighted by molar-refractivity contribution is 14.1. The lowest BCUT2D eigenvalue weighted by molar-refractivity contribution is -0.253. The molecule has 0 aromatic heterocycles. The summed E-state index contributed by atoms with van der Waals surface area (Å²) >= 11 is 2.17. The molecule has 1 aliphatic heterocycles. The summed E-state index contributed by atoms with van der Waals surface area (Å²) in [6.45, 7) is 0.764. The van der Waals surface area contributed by atoms with Gasteiger partial charge >= 0.3 is 0 Å². The molecule has 0 saturated heterocycles. The molecule has 2 rings (SSSR count). The predicted octanol–water partition coefficient (Wildman–Crippen LogP) is 0.353. The third-order valence-corrected chi connectivity index (χ3v) is 3.96. The van der Waals surface area contributed by atoms with Gasteiger partial charge in [0.25, 0.3) is 0 Å². The first-order valence-electron chi connectivity index (χ1n) is 5.06. The normalized spacial score (nSPS) is 23.6. The standard InChI is InChI=1S/C11H13IN2O2/c12-7-11(14-10(15)16)9-4-2-1-3-8(9)5-6-13-11/h1-4,13-14H,5-7H2,(H,15,16)/p-1. The second-order valence-corrected chi connectivity index (χ2v) is 4.55. The van der Waals surface area contributed by atoms with E-state index in [0.717, 1.165) is 18.5 Å². The molecule has 1 unspecified atom stereocenters. The van der Waals surface area contributed by atoms with Crippen molar-refractivity contribution in [3.63, 3.8) is 0 Å². The van der Waals surface area contributed by atoms with E-state index in [1.54, 1.807) is 0 Å². The molecule has 0 aliphatic carbocycles. The molecule has 0 fully saturated rings. The molecular formula is C11H12IN2O2-. The van der Waals surface area contributed by atoms with Gasteiger partial charge in [0.05, 0.1) is 0 Å². The zero-order valence-electron chi connectivity index (χ0n) is 8.63. The van der Waals surface area contributed by atoms with Gasteiger partial charge in [-0.1, -0.05) is 46.9 Å². The van der Waals surface area contributed by atoms with Crippen molar-refractivity contribution in [1.29, 1.82) is 0 Å². The quantitative estimate of drug-likeness (QED) is 0.607. The second kappa shape index (κ2) is 4.58. The molecule has 1 heterocycles. The number of nitrogens with one attached hydrogen (secondary N) is 2. The van der Waals surface area contributed by atoms with Crippen LogP contribution in [0.4, 0.5) is 4.79 Å². The topological polar surface area (TPSA) is 64.2 Å². The Balaban J connectivity index is 2.44. The first-order chi connectivity index (χ1) is 7.68. The van der Waals surface area contributed by atoms with E-state index in [-0.39, 0.29) is 0 Å². The van der Waals surface area contributed by atoms with Crippen LogP contribution in [0.25, 0.3) is 0 Å². The second-order valence-electron chi connectivity index (χ2n) is 3.79. The van der Waals surface area contributed by atoms with E-state index in [4.69, 9.17) is 0 Å². The van der Waals surface area contributed by atoms with Crippen LogP contribution in [0.3, 0.4) is 0 Å². The van der Waals surface area contributed by atoms with Crippen molar-refractivity contribution in [2.24, 2.45) is 0 Å². The Hall–Kier alpha value is -0.820. The summed E-state index contributed by atoms with van der Waals surface area (Å²) in [7, 11) is 0. The van der Waals surface area contributed by atoms with E-state index in [9.17, 15) is 9.90 Å². The molecule has 4 nitrogen and oxygen atoms in total. The fraction of sp³-hybridized carbons (Fsp3) is 0.364. The highest BCUT2D eigenvalue weighted by atomic mass is 127. The van der Waals surface area contributed by atoms with Gasteiger partial charge in [-0.2, -0.15) is 0 Å². The summed E-state index contributed by atoms with van der Waals surface area (Å²) in [4.78, 5) is 10.8. The minimum Gasteiger partial charge on any atom is -0.530 e. The van der Waals surface area contributed by atoms with Crippen molar-refractivity contribution in [3.8, 4) is 0 Å². The van der Waals surface area contributed by atoms with Gasteiger partial charge in [-0.05, 0) is 17.5 Å². The Bertz CT molecular complexity index is 411. The monoisotopic (exact) mass is 331 g/mol. The maximum absolute atomic E-state index is 10.8. The fourth-order valence-electron chi connectivity index (χ4n) is 2.10. The van der Waals surface area contributed by atoms with E-state index in [0.29, 0.717) is 4.43 Å². The van der Waals surface area contributed by atoms with E-state index < -0.39 is 11.8 Å². The molecule has 1 aliphatic rings. The Kier molecular flexibility index (Phi) is 3.34.